The Labute approximate surface area is 214 Å². The summed E-state index contributed by atoms with van der Waals surface area (Å²) in [6.07, 6.45) is 1.70. The second-order valence-corrected chi connectivity index (χ2v) is 9.64. The Hall–Kier alpha value is -3.06. The van der Waals surface area contributed by atoms with Gasteiger partial charge >= 0.3 is 5.97 Å². The number of allylic oxidation sites excluding steroid dienone is 3. The lowest BCUT2D eigenvalue weighted by Gasteiger charge is -2.37. The van der Waals surface area contributed by atoms with E-state index in [4.69, 9.17) is 14.2 Å². The van der Waals surface area contributed by atoms with Crippen molar-refractivity contribution in [1.29, 1.82) is 0 Å². The fourth-order valence-electron chi connectivity index (χ4n) is 5.00. The van der Waals surface area contributed by atoms with Crippen LogP contribution in [0.15, 0.2) is 69.5 Å². The molecule has 0 aromatic heterocycles. The van der Waals surface area contributed by atoms with Crippen LogP contribution in [0.3, 0.4) is 0 Å². The Balaban J connectivity index is 1.81. The Bertz CT molecular complexity index is 1220. The third-order valence-corrected chi connectivity index (χ3v) is 7.19. The minimum Gasteiger partial charge on any atom is -0.496 e. The summed E-state index contributed by atoms with van der Waals surface area (Å²) in [4.78, 5) is 26.9. The zero-order chi connectivity index (χ0) is 25.1. The average Bonchev–Trinajstić information content (AvgIpc) is 2.86. The smallest absolute Gasteiger partial charge is 0.336 e. The Morgan fingerprint density at radius 2 is 1.83 bits per heavy atom. The number of ketones is 1. The van der Waals surface area contributed by atoms with Gasteiger partial charge in [-0.2, -0.15) is 0 Å². The van der Waals surface area contributed by atoms with E-state index in [9.17, 15) is 9.59 Å². The van der Waals surface area contributed by atoms with Crippen molar-refractivity contribution in [2.24, 2.45) is 0 Å². The summed E-state index contributed by atoms with van der Waals surface area (Å²) >= 11 is 3.56. The number of ether oxygens (including phenoxy) is 3. The number of Topliss-reactive ketones (excluding diaryl/α,β-unsaturated/α-hetero) is 1. The van der Waals surface area contributed by atoms with Crippen molar-refractivity contribution in [3.05, 3.63) is 80.6 Å². The number of halogens is 1. The topological polar surface area (TPSA) is 73.9 Å². The van der Waals surface area contributed by atoms with Crippen LogP contribution < -0.4 is 14.8 Å². The molecule has 2 aliphatic rings. The van der Waals surface area contributed by atoms with E-state index in [2.05, 4.69) is 21.2 Å². The van der Waals surface area contributed by atoms with Gasteiger partial charge in [0.05, 0.1) is 30.9 Å². The zero-order valence-electron chi connectivity index (χ0n) is 20.4. The van der Waals surface area contributed by atoms with Crippen LogP contribution in [-0.4, -0.2) is 32.6 Å². The van der Waals surface area contributed by atoms with Crippen molar-refractivity contribution < 1.29 is 23.8 Å². The highest BCUT2D eigenvalue weighted by atomic mass is 79.9. The van der Waals surface area contributed by atoms with E-state index in [1.54, 1.807) is 14.2 Å². The summed E-state index contributed by atoms with van der Waals surface area (Å²) in [5.41, 5.74) is 4.49. The minimum atomic E-state index is -0.524. The quantitative estimate of drug-likeness (QED) is 0.449. The van der Waals surface area contributed by atoms with E-state index in [0.717, 1.165) is 33.5 Å². The maximum absolute atomic E-state index is 13.7. The van der Waals surface area contributed by atoms with Gasteiger partial charge in [0.25, 0.3) is 0 Å². The monoisotopic (exact) mass is 539 g/mol. The van der Waals surface area contributed by atoms with Gasteiger partial charge in [-0.05, 0) is 65.0 Å². The lowest BCUT2D eigenvalue weighted by atomic mass is 9.71. The van der Waals surface area contributed by atoms with Crippen LogP contribution in [0.25, 0.3) is 0 Å². The summed E-state index contributed by atoms with van der Waals surface area (Å²) in [7, 11) is 3.25. The van der Waals surface area contributed by atoms with Gasteiger partial charge in [0, 0.05) is 35.2 Å². The maximum atomic E-state index is 13.7. The van der Waals surface area contributed by atoms with Gasteiger partial charge in [-0.3, -0.25) is 4.79 Å². The number of dihydropyridines is 1. The van der Waals surface area contributed by atoms with Crippen molar-refractivity contribution in [3.8, 4) is 11.5 Å². The largest absolute Gasteiger partial charge is 0.496 e. The molecule has 0 fully saturated rings. The van der Waals surface area contributed by atoms with Crippen molar-refractivity contribution in [3.63, 3.8) is 0 Å². The molecule has 0 saturated carbocycles. The lowest BCUT2D eigenvalue weighted by molar-refractivity contribution is -0.139. The summed E-state index contributed by atoms with van der Waals surface area (Å²) in [6.45, 7) is 4.15. The SMILES string of the molecule is CCCOC(=O)C1=C(C)NC2=C(C(=O)C[C@H](c3ccccc3OC)C2)[C@H]1c1ccc(OC)c(Br)c1. The summed E-state index contributed by atoms with van der Waals surface area (Å²) in [5.74, 6) is 0.522. The van der Waals surface area contributed by atoms with Gasteiger partial charge in [0.15, 0.2) is 5.78 Å². The van der Waals surface area contributed by atoms with E-state index >= 15 is 0 Å². The second-order valence-electron chi connectivity index (χ2n) is 8.79. The van der Waals surface area contributed by atoms with Gasteiger partial charge in [-0.25, -0.2) is 4.79 Å². The van der Waals surface area contributed by atoms with Crippen LogP contribution in [-0.2, 0) is 14.3 Å². The zero-order valence-corrected chi connectivity index (χ0v) is 22.0. The molecule has 2 aromatic rings. The highest BCUT2D eigenvalue weighted by molar-refractivity contribution is 9.10. The van der Waals surface area contributed by atoms with E-state index in [0.29, 0.717) is 42.0 Å². The molecule has 0 bridgehead atoms. The van der Waals surface area contributed by atoms with Crippen molar-refractivity contribution >= 4 is 27.7 Å². The van der Waals surface area contributed by atoms with Gasteiger partial charge in [-0.1, -0.05) is 31.2 Å². The molecule has 35 heavy (non-hydrogen) atoms. The van der Waals surface area contributed by atoms with Crippen LogP contribution in [0.4, 0.5) is 0 Å². The Morgan fingerprint density at radius 3 is 2.51 bits per heavy atom. The molecular formula is C28H30BrNO5. The van der Waals surface area contributed by atoms with E-state index in [1.807, 2.05) is 56.3 Å². The highest BCUT2D eigenvalue weighted by Gasteiger charge is 2.42. The van der Waals surface area contributed by atoms with E-state index in [1.165, 1.54) is 0 Å². The molecule has 1 heterocycles. The first-order valence-corrected chi connectivity index (χ1v) is 12.6. The molecule has 2 atom stereocenters. The summed E-state index contributed by atoms with van der Waals surface area (Å²) < 4.78 is 17.3. The third kappa shape index (κ3) is 4.87. The molecule has 2 aromatic carbocycles. The van der Waals surface area contributed by atoms with Crippen LogP contribution in [0, 0.1) is 0 Å². The van der Waals surface area contributed by atoms with Crippen molar-refractivity contribution in [2.45, 2.75) is 44.9 Å². The molecule has 1 aliphatic carbocycles. The lowest BCUT2D eigenvalue weighted by Crippen LogP contribution is -2.36. The number of rotatable bonds is 7. The standard InChI is InChI=1S/C28H30BrNO5/c1-5-12-35-28(32)25-16(2)30-21-14-18(19-8-6-7-9-23(19)33-3)15-22(31)27(21)26(25)17-10-11-24(34-4)20(29)13-17/h6-11,13,18,26,30H,5,12,14-15H2,1-4H3/t18-,26+/m1/s1. The summed E-state index contributed by atoms with van der Waals surface area (Å²) in [6, 6.07) is 13.5. The van der Waals surface area contributed by atoms with Crippen LogP contribution in [0.1, 0.15) is 56.1 Å². The second kappa shape index (κ2) is 10.7. The Morgan fingerprint density at radius 1 is 1.09 bits per heavy atom. The molecule has 7 heteroatoms. The normalized spacial score (nSPS) is 19.7. The molecular weight excluding hydrogens is 510 g/mol. The number of nitrogens with one attached hydrogen (secondary N) is 1. The number of methoxy groups -OCH3 is 2. The third-order valence-electron chi connectivity index (χ3n) is 6.57. The molecule has 0 radical (unpaired) electrons. The molecule has 184 valence electrons. The highest BCUT2D eigenvalue weighted by Crippen LogP contribution is 2.47. The van der Waals surface area contributed by atoms with Gasteiger partial charge in [0.2, 0.25) is 0 Å². The molecule has 6 nitrogen and oxygen atoms in total. The average molecular weight is 540 g/mol. The number of benzene rings is 2. The Kier molecular flexibility index (Phi) is 7.65. The number of para-hydroxylation sites is 1. The minimum absolute atomic E-state index is 0.0138. The summed E-state index contributed by atoms with van der Waals surface area (Å²) in [5, 5.41) is 3.39. The molecule has 0 spiro atoms. The molecule has 0 unspecified atom stereocenters. The van der Waals surface area contributed by atoms with Crippen molar-refractivity contribution in [1.82, 2.24) is 5.32 Å². The first-order chi connectivity index (χ1) is 16.9. The van der Waals surface area contributed by atoms with Gasteiger partial charge in [0.1, 0.15) is 11.5 Å². The number of carbonyl (C=O) groups excluding carboxylic acids is 2. The van der Waals surface area contributed by atoms with Crippen LogP contribution >= 0.6 is 15.9 Å². The fraction of sp³-hybridized carbons (Fsp3) is 0.357. The predicted molar refractivity (Wildman–Crippen MR) is 138 cm³/mol. The first-order valence-electron chi connectivity index (χ1n) is 11.8. The molecule has 4 rings (SSSR count). The van der Waals surface area contributed by atoms with Crippen molar-refractivity contribution in [2.75, 3.05) is 20.8 Å². The first kappa shape index (κ1) is 25.0. The maximum Gasteiger partial charge on any atom is 0.336 e. The van der Waals surface area contributed by atoms with Gasteiger partial charge < -0.3 is 19.5 Å². The number of hydrogen-bond donors (Lipinski definition) is 1. The predicted octanol–water partition coefficient (Wildman–Crippen LogP) is 5.78. The van der Waals surface area contributed by atoms with E-state index < -0.39 is 11.9 Å². The molecule has 1 aliphatic heterocycles. The molecule has 0 saturated heterocycles. The number of carbonyl (C=O) groups is 2. The van der Waals surface area contributed by atoms with Gasteiger partial charge in [-0.15, -0.1) is 0 Å². The van der Waals surface area contributed by atoms with Crippen LogP contribution in [0.5, 0.6) is 11.5 Å². The number of hydrogen-bond acceptors (Lipinski definition) is 6. The fourth-order valence-corrected chi connectivity index (χ4v) is 5.56. The van der Waals surface area contributed by atoms with E-state index in [-0.39, 0.29) is 11.7 Å². The molecule has 0 amide bonds. The molecule has 1 N–H and O–H groups in total. The van der Waals surface area contributed by atoms with Crippen LogP contribution in [0.2, 0.25) is 0 Å². The number of esters is 1.